The number of rotatable bonds is 11. The Labute approximate surface area is 167 Å². The first kappa shape index (κ1) is 23.2. The van der Waals surface area contributed by atoms with E-state index in [1.54, 1.807) is 12.2 Å². The molecule has 0 radical (unpaired) electrons. The Bertz CT molecular complexity index is 658. The van der Waals surface area contributed by atoms with Crippen molar-refractivity contribution in [1.82, 2.24) is 20.4 Å². The van der Waals surface area contributed by atoms with Crippen molar-refractivity contribution < 1.29 is 4.92 Å². The van der Waals surface area contributed by atoms with Crippen molar-refractivity contribution >= 4 is 5.84 Å². The molecule has 0 aliphatic carbocycles. The smallest absolute Gasteiger partial charge is 0.262 e. The van der Waals surface area contributed by atoms with Crippen LogP contribution in [0.5, 0.6) is 0 Å². The molecule has 0 bridgehead atoms. The molecule has 0 saturated carbocycles. The molecule has 0 aromatic rings. The van der Waals surface area contributed by atoms with Gasteiger partial charge in [0, 0.05) is 38.0 Å². The Morgan fingerprint density at radius 2 is 1.86 bits per heavy atom. The minimum absolute atomic E-state index is 0.159. The third kappa shape index (κ3) is 7.79. The summed E-state index contributed by atoms with van der Waals surface area (Å²) in [7, 11) is 0. The van der Waals surface area contributed by atoms with E-state index >= 15 is 0 Å². The van der Waals surface area contributed by atoms with E-state index in [1.165, 1.54) is 6.08 Å². The molecule has 1 aliphatic rings. The van der Waals surface area contributed by atoms with E-state index in [0.717, 1.165) is 50.7 Å². The van der Waals surface area contributed by atoms with Gasteiger partial charge in [0.05, 0.1) is 17.4 Å². The second kappa shape index (κ2) is 12.5. The van der Waals surface area contributed by atoms with Crippen LogP contribution in [0.25, 0.3) is 0 Å². The normalized spacial score (nSPS) is 15.6. The van der Waals surface area contributed by atoms with Crippen LogP contribution >= 0.6 is 0 Å². The fourth-order valence-electron chi connectivity index (χ4n) is 2.57. The quantitative estimate of drug-likeness (QED) is 0.141. The largest absolute Gasteiger partial charge is 0.355 e. The van der Waals surface area contributed by atoms with Gasteiger partial charge in [0.15, 0.2) is 0 Å². The molecule has 1 aliphatic heterocycles. The molecule has 2 N–H and O–H groups in total. The van der Waals surface area contributed by atoms with Crippen LogP contribution in [0.15, 0.2) is 66.2 Å². The maximum absolute atomic E-state index is 10.8. The fourth-order valence-corrected chi connectivity index (χ4v) is 2.57. The Balaban J connectivity index is 2.74. The Morgan fingerprint density at radius 1 is 1.21 bits per heavy atom. The van der Waals surface area contributed by atoms with Gasteiger partial charge in [-0.05, 0) is 38.6 Å². The second-order valence-corrected chi connectivity index (χ2v) is 6.25. The van der Waals surface area contributed by atoms with Gasteiger partial charge >= 0.3 is 0 Å². The van der Waals surface area contributed by atoms with Crippen molar-refractivity contribution in [3.63, 3.8) is 0 Å². The molecular weight excluding hydrogens is 356 g/mol. The highest BCUT2D eigenvalue weighted by molar-refractivity contribution is 5.93. The number of aliphatic imine (C=N–C) groups is 1. The van der Waals surface area contributed by atoms with Crippen LogP contribution in [0.3, 0.4) is 0 Å². The van der Waals surface area contributed by atoms with E-state index < -0.39 is 4.92 Å². The standard InChI is InChI=1S/C20H32N6O2/c1-6-11-21-16-22-20(10-9-17(4)26(27)28)25-14-12-24(13-15-25)18(5)23-19(7-2)8-3/h7-10,21,23H,2,4-6,11-16H2,1,3H3/b10-9-,19-8+,22-20+. The molecule has 8 nitrogen and oxygen atoms in total. The van der Waals surface area contributed by atoms with E-state index in [0.29, 0.717) is 12.5 Å². The zero-order valence-electron chi connectivity index (χ0n) is 17.0. The lowest BCUT2D eigenvalue weighted by Gasteiger charge is -2.38. The van der Waals surface area contributed by atoms with E-state index in [2.05, 4.69) is 52.1 Å². The van der Waals surface area contributed by atoms with Gasteiger partial charge in [0.2, 0.25) is 0 Å². The third-order valence-electron chi connectivity index (χ3n) is 4.24. The number of nitrogens with one attached hydrogen (secondary N) is 2. The summed E-state index contributed by atoms with van der Waals surface area (Å²) < 4.78 is 0. The van der Waals surface area contributed by atoms with Crippen molar-refractivity contribution in [2.75, 3.05) is 39.4 Å². The SMILES string of the molecule is C=C/C(=C\C)NC(=C)N1CCN(C(/C=C\C(=C)[N+](=O)[O-])=N/CNCCC)CC1. The molecule has 0 amide bonds. The van der Waals surface area contributed by atoms with Crippen LogP contribution in [-0.4, -0.2) is 60.0 Å². The van der Waals surface area contributed by atoms with Gasteiger partial charge in [0.25, 0.3) is 5.70 Å². The minimum atomic E-state index is -0.504. The Morgan fingerprint density at radius 3 is 2.39 bits per heavy atom. The van der Waals surface area contributed by atoms with E-state index in [1.807, 2.05) is 13.0 Å². The van der Waals surface area contributed by atoms with Crippen molar-refractivity contribution in [1.29, 1.82) is 0 Å². The predicted molar refractivity (Wildman–Crippen MR) is 115 cm³/mol. The number of allylic oxidation sites excluding steroid dienone is 3. The first-order valence-corrected chi connectivity index (χ1v) is 9.44. The summed E-state index contributed by atoms with van der Waals surface area (Å²) in [5.74, 6) is 1.54. The number of piperazine rings is 1. The maximum Gasteiger partial charge on any atom is 0.262 e. The van der Waals surface area contributed by atoms with Gasteiger partial charge < -0.3 is 15.1 Å². The predicted octanol–water partition coefficient (Wildman–Crippen LogP) is 2.46. The van der Waals surface area contributed by atoms with Crippen molar-refractivity contribution in [2.45, 2.75) is 20.3 Å². The first-order chi connectivity index (χ1) is 13.4. The van der Waals surface area contributed by atoms with Crippen molar-refractivity contribution in [3.05, 3.63) is 71.4 Å². The molecule has 0 atom stereocenters. The van der Waals surface area contributed by atoms with Crippen molar-refractivity contribution in [3.8, 4) is 0 Å². The zero-order valence-corrected chi connectivity index (χ0v) is 17.0. The maximum atomic E-state index is 10.8. The summed E-state index contributed by atoms with van der Waals surface area (Å²) >= 11 is 0. The van der Waals surface area contributed by atoms with Crippen molar-refractivity contribution in [2.24, 2.45) is 4.99 Å². The second-order valence-electron chi connectivity index (χ2n) is 6.25. The van der Waals surface area contributed by atoms with E-state index in [-0.39, 0.29) is 5.70 Å². The van der Waals surface area contributed by atoms with Crippen LogP contribution in [0, 0.1) is 10.1 Å². The minimum Gasteiger partial charge on any atom is -0.355 e. The lowest BCUT2D eigenvalue weighted by Crippen LogP contribution is -2.49. The van der Waals surface area contributed by atoms with Gasteiger partial charge in [-0.25, -0.2) is 0 Å². The van der Waals surface area contributed by atoms with Gasteiger partial charge in [-0.1, -0.05) is 26.2 Å². The molecule has 1 saturated heterocycles. The molecule has 0 spiro atoms. The fraction of sp³-hybridized carbons (Fsp3) is 0.450. The first-order valence-electron chi connectivity index (χ1n) is 9.44. The van der Waals surface area contributed by atoms with Gasteiger partial charge in [0.1, 0.15) is 5.84 Å². The number of hydrogen-bond donors (Lipinski definition) is 2. The summed E-state index contributed by atoms with van der Waals surface area (Å²) in [6.07, 6.45) is 7.77. The third-order valence-corrected chi connectivity index (χ3v) is 4.24. The highest BCUT2D eigenvalue weighted by Gasteiger charge is 2.20. The number of hydrogen-bond acceptors (Lipinski definition) is 6. The molecule has 8 heteroatoms. The van der Waals surface area contributed by atoms with E-state index in [9.17, 15) is 10.1 Å². The van der Waals surface area contributed by atoms with Gasteiger partial charge in [-0.15, -0.1) is 0 Å². The molecule has 154 valence electrons. The molecule has 0 aromatic carbocycles. The molecule has 1 heterocycles. The Hall–Kier alpha value is -2.87. The summed E-state index contributed by atoms with van der Waals surface area (Å²) in [6.45, 7) is 19.7. The summed E-state index contributed by atoms with van der Waals surface area (Å²) in [6, 6.07) is 0. The molecule has 1 rings (SSSR count). The average Bonchev–Trinajstić information content (AvgIpc) is 2.71. The molecule has 0 aromatic heterocycles. The topological polar surface area (TPSA) is 86.0 Å². The van der Waals surface area contributed by atoms with Crippen LogP contribution in [-0.2, 0) is 0 Å². The molecule has 1 fully saturated rings. The monoisotopic (exact) mass is 388 g/mol. The Kier molecular flexibility index (Phi) is 10.3. The van der Waals surface area contributed by atoms with Crippen LogP contribution in [0.2, 0.25) is 0 Å². The zero-order chi connectivity index (χ0) is 20.9. The average molecular weight is 389 g/mol. The van der Waals surface area contributed by atoms with Gasteiger partial charge in [-0.3, -0.25) is 20.4 Å². The lowest BCUT2D eigenvalue weighted by molar-refractivity contribution is -0.418. The van der Waals surface area contributed by atoms with Crippen LogP contribution < -0.4 is 10.6 Å². The highest BCUT2D eigenvalue weighted by Crippen LogP contribution is 2.10. The number of amidine groups is 1. The molecule has 0 unspecified atom stereocenters. The van der Waals surface area contributed by atoms with E-state index in [4.69, 9.17) is 0 Å². The van der Waals surface area contributed by atoms with Crippen LogP contribution in [0.1, 0.15) is 20.3 Å². The number of nitrogens with zero attached hydrogens (tertiary/aromatic N) is 4. The van der Waals surface area contributed by atoms with Crippen LogP contribution in [0.4, 0.5) is 0 Å². The summed E-state index contributed by atoms with van der Waals surface area (Å²) in [5.41, 5.74) is 0.756. The molecular formula is C20H32N6O2. The lowest BCUT2D eigenvalue weighted by atomic mass is 10.2. The number of nitro groups is 1. The highest BCUT2D eigenvalue weighted by atomic mass is 16.6. The molecule has 28 heavy (non-hydrogen) atoms. The summed E-state index contributed by atoms with van der Waals surface area (Å²) in [4.78, 5) is 19.1. The summed E-state index contributed by atoms with van der Waals surface area (Å²) in [5, 5.41) is 17.3. The van der Waals surface area contributed by atoms with Gasteiger partial charge in [-0.2, -0.15) is 0 Å².